The summed E-state index contributed by atoms with van der Waals surface area (Å²) < 4.78 is 1.50. The van der Waals surface area contributed by atoms with Crippen LogP contribution in [0.3, 0.4) is 0 Å². The second kappa shape index (κ2) is 6.79. The average molecular weight is 308 g/mol. The van der Waals surface area contributed by atoms with Gasteiger partial charge in [-0.05, 0) is 16.5 Å². The Kier molecular flexibility index (Phi) is 4.82. The molecule has 110 valence electrons. The van der Waals surface area contributed by atoms with Gasteiger partial charge in [0.15, 0.2) is 0 Å². The second-order valence-corrected chi connectivity index (χ2v) is 5.07. The molecule has 0 spiro atoms. The molecule has 1 N–H and O–H groups in total. The van der Waals surface area contributed by atoms with Crippen LogP contribution in [0.25, 0.3) is 0 Å². The van der Waals surface area contributed by atoms with Gasteiger partial charge in [0.1, 0.15) is 5.69 Å². The number of hydrogen-bond acceptors (Lipinski definition) is 7. The summed E-state index contributed by atoms with van der Waals surface area (Å²) in [7, 11) is 1.70. The normalized spacial score (nSPS) is 10.3. The Morgan fingerprint density at radius 1 is 1.48 bits per heavy atom. The first-order chi connectivity index (χ1) is 10.1. The maximum Gasteiger partial charge on any atom is 0.292 e. The van der Waals surface area contributed by atoms with Crippen LogP contribution < -0.4 is 5.32 Å². The van der Waals surface area contributed by atoms with Gasteiger partial charge < -0.3 is 5.32 Å². The average Bonchev–Trinajstić information content (AvgIpc) is 2.85. The van der Waals surface area contributed by atoms with E-state index in [-0.39, 0.29) is 23.7 Å². The van der Waals surface area contributed by atoms with E-state index in [0.717, 1.165) is 0 Å². The minimum Gasteiger partial charge on any atom is -0.320 e. The van der Waals surface area contributed by atoms with Gasteiger partial charge in [0.05, 0.1) is 4.92 Å². The maximum absolute atomic E-state index is 11.8. The number of para-hydroxylation sites is 2. The highest BCUT2D eigenvalue weighted by Gasteiger charge is 2.14. The minimum atomic E-state index is -0.532. The van der Waals surface area contributed by atoms with Crippen LogP contribution in [0.2, 0.25) is 0 Å². The number of aryl methyl sites for hydroxylation is 1. The highest BCUT2D eigenvalue weighted by molar-refractivity contribution is 7.99. The van der Waals surface area contributed by atoms with E-state index in [1.165, 1.54) is 28.6 Å². The first-order valence-electron chi connectivity index (χ1n) is 5.96. The molecule has 10 heteroatoms. The number of nitrogens with one attached hydrogen (secondary N) is 1. The Balaban J connectivity index is 1.88. The zero-order chi connectivity index (χ0) is 15.2. The predicted octanol–water partition coefficient (Wildman–Crippen LogP) is 1.24. The number of nitro benzene ring substituents is 1. The van der Waals surface area contributed by atoms with Crippen LogP contribution in [-0.4, -0.2) is 36.8 Å². The Hall–Kier alpha value is -2.49. The van der Waals surface area contributed by atoms with Crippen molar-refractivity contribution in [2.45, 2.75) is 11.6 Å². The summed E-state index contributed by atoms with van der Waals surface area (Å²) in [6.07, 6.45) is 0.198. The van der Waals surface area contributed by atoms with Crippen LogP contribution in [-0.2, 0) is 11.8 Å². The van der Waals surface area contributed by atoms with Crippen LogP contribution in [0.1, 0.15) is 6.42 Å². The molecule has 1 aromatic heterocycles. The van der Waals surface area contributed by atoms with Gasteiger partial charge in [-0.1, -0.05) is 23.9 Å². The number of anilines is 1. The summed E-state index contributed by atoms with van der Waals surface area (Å²) in [6.45, 7) is 0. The lowest BCUT2D eigenvalue weighted by Gasteiger charge is -2.05. The molecule has 2 aromatic rings. The summed E-state index contributed by atoms with van der Waals surface area (Å²) in [4.78, 5) is 22.1. The Labute approximate surface area is 123 Å². The molecule has 1 heterocycles. The molecule has 0 aliphatic heterocycles. The summed E-state index contributed by atoms with van der Waals surface area (Å²) in [5.41, 5.74) is 0.0637. The van der Waals surface area contributed by atoms with Crippen LogP contribution in [0.15, 0.2) is 29.4 Å². The third kappa shape index (κ3) is 3.99. The molecular weight excluding hydrogens is 296 g/mol. The van der Waals surface area contributed by atoms with E-state index in [2.05, 4.69) is 20.8 Å². The molecule has 0 saturated heterocycles. The van der Waals surface area contributed by atoms with Gasteiger partial charge in [-0.3, -0.25) is 14.9 Å². The highest BCUT2D eigenvalue weighted by Crippen LogP contribution is 2.23. The zero-order valence-corrected chi connectivity index (χ0v) is 11.9. The van der Waals surface area contributed by atoms with Crippen LogP contribution in [0, 0.1) is 10.1 Å². The molecule has 0 aliphatic rings. The van der Waals surface area contributed by atoms with Crippen LogP contribution >= 0.6 is 11.8 Å². The number of aromatic nitrogens is 4. The predicted molar refractivity (Wildman–Crippen MR) is 75.9 cm³/mol. The summed E-state index contributed by atoms with van der Waals surface area (Å²) in [6, 6.07) is 6.01. The summed E-state index contributed by atoms with van der Waals surface area (Å²) in [5.74, 6) is 0.174. The fourth-order valence-corrected chi connectivity index (χ4v) is 2.32. The number of tetrazole rings is 1. The molecule has 1 amide bonds. The molecule has 0 bridgehead atoms. The van der Waals surface area contributed by atoms with Crippen LogP contribution in [0.4, 0.5) is 11.4 Å². The van der Waals surface area contributed by atoms with Crippen molar-refractivity contribution < 1.29 is 9.72 Å². The van der Waals surface area contributed by atoms with Crippen molar-refractivity contribution in [3.63, 3.8) is 0 Å². The van der Waals surface area contributed by atoms with E-state index in [4.69, 9.17) is 0 Å². The number of nitro groups is 1. The fourth-order valence-electron chi connectivity index (χ4n) is 1.53. The molecule has 0 saturated carbocycles. The molecule has 0 radical (unpaired) electrons. The van der Waals surface area contributed by atoms with Gasteiger partial charge in [-0.25, -0.2) is 4.68 Å². The van der Waals surface area contributed by atoms with Crippen molar-refractivity contribution in [1.29, 1.82) is 0 Å². The molecule has 9 nitrogen and oxygen atoms in total. The first kappa shape index (κ1) is 14.9. The van der Waals surface area contributed by atoms with Gasteiger partial charge in [0.25, 0.3) is 5.69 Å². The standard InChI is InChI=1S/C11H12N6O3S/c1-16-11(13-14-15-16)21-7-6-10(18)12-8-4-2-3-5-9(8)17(19)20/h2-5H,6-7H2,1H3,(H,12,18). The minimum absolute atomic E-state index is 0.129. The van der Waals surface area contributed by atoms with Crippen molar-refractivity contribution in [3.8, 4) is 0 Å². The topological polar surface area (TPSA) is 116 Å². The molecule has 21 heavy (non-hydrogen) atoms. The smallest absolute Gasteiger partial charge is 0.292 e. The molecular formula is C11H12N6O3S. The Morgan fingerprint density at radius 3 is 2.90 bits per heavy atom. The molecule has 1 aromatic carbocycles. The second-order valence-electron chi connectivity index (χ2n) is 4.01. The number of hydrogen-bond donors (Lipinski definition) is 1. The van der Waals surface area contributed by atoms with E-state index in [9.17, 15) is 14.9 Å². The number of benzene rings is 1. The lowest BCUT2D eigenvalue weighted by atomic mass is 10.2. The third-order valence-electron chi connectivity index (χ3n) is 2.52. The fraction of sp³-hybridized carbons (Fsp3) is 0.273. The van der Waals surface area contributed by atoms with E-state index in [1.807, 2.05) is 0 Å². The lowest BCUT2D eigenvalue weighted by Crippen LogP contribution is -2.13. The quantitative estimate of drug-likeness (QED) is 0.484. The van der Waals surface area contributed by atoms with Crippen molar-refractivity contribution in [1.82, 2.24) is 20.2 Å². The van der Waals surface area contributed by atoms with Crippen molar-refractivity contribution >= 4 is 29.0 Å². The van der Waals surface area contributed by atoms with Crippen molar-refractivity contribution in [2.75, 3.05) is 11.1 Å². The maximum atomic E-state index is 11.8. The monoisotopic (exact) mass is 308 g/mol. The zero-order valence-electron chi connectivity index (χ0n) is 11.1. The Morgan fingerprint density at radius 2 is 2.24 bits per heavy atom. The number of carbonyl (C=O) groups excluding carboxylic acids is 1. The Bertz CT molecular complexity index is 659. The number of thioether (sulfide) groups is 1. The number of amides is 1. The number of carbonyl (C=O) groups is 1. The summed E-state index contributed by atoms with van der Waals surface area (Å²) >= 11 is 1.34. The van der Waals surface area contributed by atoms with E-state index in [1.54, 1.807) is 19.2 Å². The van der Waals surface area contributed by atoms with Crippen molar-refractivity contribution in [3.05, 3.63) is 34.4 Å². The lowest BCUT2D eigenvalue weighted by molar-refractivity contribution is -0.383. The molecule has 2 rings (SSSR count). The van der Waals surface area contributed by atoms with E-state index < -0.39 is 4.92 Å². The highest BCUT2D eigenvalue weighted by atomic mass is 32.2. The molecule has 0 unspecified atom stereocenters. The van der Waals surface area contributed by atoms with Gasteiger partial charge in [0.2, 0.25) is 11.1 Å². The molecule has 0 atom stereocenters. The molecule has 0 fully saturated rings. The van der Waals surface area contributed by atoms with Gasteiger partial charge in [0, 0.05) is 25.3 Å². The van der Waals surface area contributed by atoms with Gasteiger partial charge in [-0.2, -0.15) is 0 Å². The van der Waals surface area contributed by atoms with Gasteiger partial charge in [-0.15, -0.1) is 5.10 Å². The van der Waals surface area contributed by atoms with Crippen LogP contribution in [0.5, 0.6) is 0 Å². The van der Waals surface area contributed by atoms with Crippen molar-refractivity contribution in [2.24, 2.45) is 7.05 Å². The number of rotatable bonds is 6. The first-order valence-corrected chi connectivity index (χ1v) is 6.95. The van der Waals surface area contributed by atoms with E-state index in [0.29, 0.717) is 10.9 Å². The largest absolute Gasteiger partial charge is 0.320 e. The summed E-state index contributed by atoms with van der Waals surface area (Å²) in [5, 5.41) is 24.9. The van der Waals surface area contributed by atoms with Gasteiger partial charge >= 0.3 is 0 Å². The van der Waals surface area contributed by atoms with E-state index >= 15 is 0 Å². The SMILES string of the molecule is Cn1nnnc1SCCC(=O)Nc1ccccc1[N+](=O)[O-]. The third-order valence-corrected chi connectivity index (χ3v) is 3.53. The number of nitrogens with zero attached hydrogens (tertiary/aromatic N) is 5. The molecule has 0 aliphatic carbocycles.